The SMILES string of the molecule is CC[C@H](CN)Cc1c(F)cc(F)cc1F. The van der Waals surface area contributed by atoms with E-state index in [1.165, 1.54) is 0 Å². The maximum atomic E-state index is 13.2. The topological polar surface area (TPSA) is 26.0 Å². The Morgan fingerprint density at radius 3 is 2.13 bits per heavy atom. The van der Waals surface area contributed by atoms with Crippen molar-refractivity contribution >= 4 is 0 Å². The Morgan fingerprint density at radius 2 is 1.73 bits per heavy atom. The van der Waals surface area contributed by atoms with E-state index in [0.717, 1.165) is 6.42 Å². The normalized spacial score (nSPS) is 12.9. The highest BCUT2D eigenvalue weighted by Crippen LogP contribution is 2.19. The summed E-state index contributed by atoms with van der Waals surface area (Å²) in [5.41, 5.74) is 5.37. The standard InChI is InChI=1S/C11H14F3N/c1-2-7(6-15)3-9-10(13)4-8(12)5-11(9)14/h4-5,7H,2-3,6,15H2,1H3/t7-/m0/s1. The highest BCUT2D eigenvalue weighted by Gasteiger charge is 2.15. The Balaban J connectivity index is 2.94. The molecule has 0 aliphatic rings. The van der Waals surface area contributed by atoms with Crippen molar-refractivity contribution in [2.45, 2.75) is 19.8 Å². The van der Waals surface area contributed by atoms with E-state index >= 15 is 0 Å². The summed E-state index contributed by atoms with van der Waals surface area (Å²) in [7, 11) is 0. The van der Waals surface area contributed by atoms with E-state index in [2.05, 4.69) is 0 Å². The minimum Gasteiger partial charge on any atom is -0.330 e. The predicted molar refractivity (Wildman–Crippen MR) is 52.9 cm³/mol. The third-order valence-corrected chi connectivity index (χ3v) is 2.51. The highest BCUT2D eigenvalue weighted by molar-refractivity contribution is 5.21. The van der Waals surface area contributed by atoms with E-state index in [1.54, 1.807) is 0 Å². The lowest BCUT2D eigenvalue weighted by Gasteiger charge is -2.13. The second-order valence-electron chi connectivity index (χ2n) is 3.56. The van der Waals surface area contributed by atoms with Crippen molar-refractivity contribution in [2.24, 2.45) is 11.7 Å². The Morgan fingerprint density at radius 1 is 1.20 bits per heavy atom. The monoisotopic (exact) mass is 217 g/mol. The molecule has 1 atom stereocenters. The smallest absolute Gasteiger partial charge is 0.132 e. The summed E-state index contributed by atoms with van der Waals surface area (Å²) < 4.78 is 39.1. The number of rotatable bonds is 4. The van der Waals surface area contributed by atoms with Crippen LogP contribution >= 0.6 is 0 Å². The first-order valence-corrected chi connectivity index (χ1v) is 4.92. The van der Waals surface area contributed by atoms with Crippen molar-refractivity contribution in [2.75, 3.05) is 6.54 Å². The van der Waals surface area contributed by atoms with E-state index in [0.29, 0.717) is 18.7 Å². The van der Waals surface area contributed by atoms with Crippen molar-refractivity contribution in [1.29, 1.82) is 0 Å². The Bertz CT molecular complexity index is 312. The molecule has 0 saturated heterocycles. The zero-order valence-corrected chi connectivity index (χ0v) is 8.56. The zero-order valence-electron chi connectivity index (χ0n) is 8.56. The molecule has 1 nitrogen and oxygen atoms in total. The van der Waals surface area contributed by atoms with Crippen molar-refractivity contribution in [3.8, 4) is 0 Å². The molecule has 1 aromatic carbocycles. The Labute approximate surface area is 87.1 Å². The van der Waals surface area contributed by atoms with Crippen LogP contribution in [0.1, 0.15) is 18.9 Å². The first kappa shape index (κ1) is 12.0. The van der Waals surface area contributed by atoms with Crippen molar-refractivity contribution in [3.05, 3.63) is 35.1 Å². The molecule has 84 valence electrons. The average Bonchev–Trinajstić information content (AvgIpc) is 2.17. The molecule has 2 N–H and O–H groups in total. The molecule has 1 aromatic rings. The number of halogens is 3. The largest absolute Gasteiger partial charge is 0.330 e. The molecule has 0 aliphatic heterocycles. The van der Waals surface area contributed by atoms with Gasteiger partial charge in [0.1, 0.15) is 17.5 Å². The van der Waals surface area contributed by atoms with Gasteiger partial charge >= 0.3 is 0 Å². The number of nitrogens with two attached hydrogens (primary N) is 1. The molecule has 0 fully saturated rings. The third-order valence-electron chi connectivity index (χ3n) is 2.51. The van der Waals surface area contributed by atoms with E-state index in [4.69, 9.17) is 5.73 Å². The molecule has 0 aromatic heterocycles. The van der Waals surface area contributed by atoms with Crippen LogP contribution < -0.4 is 5.73 Å². The predicted octanol–water partition coefficient (Wildman–Crippen LogP) is 2.63. The molecule has 0 saturated carbocycles. The van der Waals surface area contributed by atoms with E-state index in [-0.39, 0.29) is 17.9 Å². The summed E-state index contributed by atoms with van der Waals surface area (Å²) in [6.45, 7) is 2.27. The lowest BCUT2D eigenvalue weighted by Crippen LogP contribution is -2.17. The first-order valence-electron chi connectivity index (χ1n) is 4.92. The first-order chi connectivity index (χ1) is 7.08. The van der Waals surface area contributed by atoms with Gasteiger partial charge in [0.25, 0.3) is 0 Å². The van der Waals surface area contributed by atoms with Gasteiger partial charge in [0, 0.05) is 17.7 Å². The van der Waals surface area contributed by atoms with Crippen molar-refractivity contribution in [1.82, 2.24) is 0 Å². The maximum Gasteiger partial charge on any atom is 0.132 e. The Hall–Kier alpha value is -1.03. The molecule has 0 radical (unpaired) electrons. The lowest BCUT2D eigenvalue weighted by molar-refractivity contribution is 0.468. The zero-order chi connectivity index (χ0) is 11.4. The molecule has 0 aliphatic carbocycles. The summed E-state index contributed by atoms with van der Waals surface area (Å²) >= 11 is 0. The summed E-state index contributed by atoms with van der Waals surface area (Å²) in [6, 6.07) is 1.39. The molecule has 15 heavy (non-hydrogen) atoms. The van der Waals surface area contributed by atoms with Crippen LogP contribution in [0.2, 0.25) is 0 Å². The molecule has 4 heteroatoms. The summed E-state index contributed by atoms with van der Waals surface area (Å²) in [5, 5.41) is 0. The highest BCUT2D eigenvalue weighted by atomic mass is 19.1. The molecular formula is C11H14F3N. The molecule has 0 unspecified atom stereocenters. The summed E-state index contributed by atoms with van der Waals surface area (Å²) in [6.07, 6.45) is 0.956. The molecule has 0 bridgehead atoms. The van der Waals surface area contributed by atoms with Gasteiger partial charge in [-0.25, -0.2) is 13.2 Å². The third kappa shape index (κ3) is 2.96. The van der Waals surface area contributed by atoms with Crippen LogP contribution in [0.15, 0.2) is 12.1 Å². The number of hydrogen-bond acceptors (Lipinski definition) is 1. The quantitative estimate of drug-likeness (QED) is 0.824. The minimum atomic E-state index is -0.894. The van der Waals surface area contributed by atoms with Gasteiger partial charge in [0.2, 0.25) is 0 Å². The van der Waals surface area contributed by atoms with Crippen LogP contribution in [0.3, 0.4) is 0 Å². The number of benzene rings is 1. The van der Waals surface area contributed by atoms with Gasteiger partial charge in [-0.1, -0.05) is 13.3 Å². The van der Waals surface area contributed by atoms with Crippen LogP contribution in [-0.2, 0) is 6.42 Å². The van der Waals surface area contributed by atoms with Gasteiger partial charge in [0.15, 0.2) is 0 Å². The fourth-order valence-corrected chi connectivity index (χ4v) is 1.45. The van der Waals surface area contributed by atoms with Crippen LogP contribution in [-0.4, -0.2) is 6.54 Å². The second kappa shape index (κ2) is 5.16. The lowest BCUT2D eigenvalue weighted by atomic mass is 9.96. The van der Waals surface area contributed by atoms with Crippen LogP contribution in [0.5, 0.6) is 0 Å². The minimum absolute atomic E-state index is 0.0273. The maximum absolute atomic E-state index is 13.2. The Kier molecular flexibility index (Phi) is 4.15. The average molecular weight is 217 g/mol. The van der Waals surface area contributed by atoms with Gasteiger partial charge in [-0.05, 0) is 18.9 Å². The number of hydrogen-bond donors (Lipinski definition) is 1. The van der Waals surface area contributed by atoms with Gasteiger partial charge in [-0.3, -0.25) is 0 Å². The molecule has 0 spiro atoms. The van der Waals surface area contributed by atoms with Crippen molar-refractivity contribution < 1.29 is 13.2 Å². The summed E-state index contributed by atoms with van der Waals surface area (Å²) in [4.78, 5) is 0. The fraction of sp³-hybridized carbons (Fsp3) is 0.455. The van der Waals surface area contributed by atoms with Crippen LogP contribution in [0.4, 0.5) is 13.2 Å². The van der Waals surface area contributed by atoms with E-state index in [9.17, 15) is 13.2 Å². The van der Waals surface area contributed by atoms with Gasteiger partial charge in [0.05, 0.1) is 0 Å². The van der Waals surface area contributed by atoms with Gasteiger partial charge < -0.3 is 5.73 Å². The molecule has 0 heterocycles. The van der Waals surface area contributed by atoms with Crippen LogP contribution in [0, 0.1) is 23.4 Å². The van der Waals surface area contributed by atoms with Gasteiger partial charge in [-0.2, -0.15) is 0 Å². The summed E-state index contributed by atoms with van der Waals surface area (Å²) in [5.74, 6) is -2.53. The van der Waals surface area contributed by atoms with E-state index in [1.807, 2.05) is 6.92 Å². The molecule has 1 rings (SSSR count). The van der Waals surface area contributed by atoms with E-state index < -0.39 is 17.5 Å². The second-order valence-corrected chi connectivity index (χ2v) is 3.56. The molecule has 0 amide bonds. The fourth-order valence-electron chi connectivity index (χ4n) is 1.45. The van der Waals surface area contributed by atoms with Gasteiger partial charge in [-0.15, -0.1) is 0 Å². The van der Waals surface area contributed by atoms with Crippen LogP contribution in [0.25, 0.3) is 0 Å². The molecular weight excluding hydrogens is 203 g/mol. The van der Waals surface area contributed by atoms with Crippen molar-refractivity contribution in [3.63, 3.8) is 0 Å².